The Morgan fingerprint density at radius 1 is 1.09 bits per heavy atom. The molecule has 0 aromatic heterocycles. The van der Waals surface area contributed by atoms with E-state index in [1.54, 1.807) is 12.1 Å². The zero-order valence-corrected chi connectivity index (χ0v) is 20.1. The highest BCUT2D eigenvalue weighted by atomic mass is 32.2. The first-order chi connectivity index (χ1) is 16.0. The number of nitro groups is 1. The molecule has 0 aliphatic carbocycles. The fourth-order valence-electron chi connectivity index (χ4n) is 3.76. The van der Waals surface area contributed by atoms with Crippen LogP contribution in [0.4, 0.5) is 5.69 Å². The van der Waals surface area contributed by atoms with E-state index in [0.29, 0.717) is 5.56 Å². The van der Waals surface area contributed by atoms with Gasteiger partial charge in [0, 0.05) is 45.2 Å². The fraction of sp³-hybridized carbons (Fsp3) is 0.391. The van der Waals surface area contributed by atoms with Crippen LogP contribution >= 0.6 is 0 Å². The lowest BCUT2D eigenvalue weighted by Gasteiger charge is -2.39. The van der Waals surface area contributed by atoms with Gasteiger partial charge in [0.15, 0.2) is 0 Å². The predicted molar refractivity (Wildman–Crippen MR) is 125 cm³/mol. The molecular weight excluding hydrogens is 460 g/mol. The molecule has 1 aliphatic heterocycles. The first-order valence-corrected chi connectivity index (χ1v) is 12.3. The van der Waals surface area contributed by atoms with E-state index in [1.165, 1.54) is 48.2 Å². The number of piperazine rings is 1. The maximum atomic E-state index is 13.4. The van der Waals surface area contributed by atoms with Crippen molar-refractivity contribution in [1.82, 2.24) is 14.5 Å². The molecule has 34 heavy (non-hydrogen) atoms. The molecule has 1 fully saturated rings. The van der Waals surface area contributed by atoms with E-state index in [9.17, 15) is 28.1 Å². The quantitative estimate of drug-likeness (QED) is 0.470. The number of rotatable bonds is 7. The first kappa shape index (κ1) is 25.3. The molecule has 1 heterocycles. The van der Waals surface area contributed by atoms with Gasteiger partial charge in [-0.25, -0.2) is 8.42 Å². The zero-order valence-electron chi connectivity index (χ0n) is 19.3. The first-order valence-electron chi connectivity index (χ1n) is 10.9. The fourth-order valence-corrected chi connectivity index (χ4v) is 5.33. The Labute approximate surface area is 198 Å². The Morgan fingerprint density at radius 3 is 2.24 bits per heavy atom. The standard InChI is InChI=1S/C23H28N4O6S/c1-16(2)19-6-10-21(11-7-19)34(32,33)26-13-12-25(17(3)28)15-22(26)23(29)24-14-18-4-8-20(9-5-18)27(30)31/h4-11,16,22H,12-15H2,1-3H3,(H,24,29). The van der Waals surface area contributed by atoms with Gasteiger partial charge < -0.3 is 10.2 Å². The smallest absolute Gasteiger partial charge is 0.269 e. The summed E-state index contributed by atoms with van der Waals surface area (Å²) in [4.78, 5) is 36.8. The van der Waals surface area contributed by atoms with Crippen LogP contribution in [0.25, 0.3) is 0 Å². The van der Waals surface area contributed by atoms with Crippen molar-refractivity contribution in [1.29, 1.82) is 0 Å². The van der Waals surface area contributed by atoms with Gasteiger partial charge in [0.2, 0.25) is 21.8 Å². The van der Waals surface area contributed by atoms with Crippen LogP contribution in [0, 0.1) is 10.1 Å². The molecule has 1 saturated heterocycles. The second-order valence-electron chi connectivity index (χ2n) is 8.46. The average molecular weight is 489 g/mol. The summed E-state index contributed by atoms with van der Waals surface area (Å²) >= 11 is 0. The normalized spacial score (nSPS) is 16.9. The molecule has 2 amide bonds. The number of nitrogens with one attached hydrogen (secondary N) is 1. The second kappa shape index (κ2) is 10.3. The molecule has 1 N–H and O–H groups in total. The van der Waals surface area contributed by atoms with Gasteiger partial charge in [0.1, 0.15) is 6.04 Å². The van der Waals surface area contributed by atoms with Crippen molar-refractivity contribution >= 4 is 27.5 Å². The molecule has 0 radical (unpaired) electrons. The molecule has 10 nitrogen and oxygen atoms in total. The van der Waals surface area contributed by atoms with Gasteiger partial charge in [-0.15, -0.1) is 0 Å². The number of carbonyl (C=O) groups excluding carboxylic acids is 2. The Kier molecular flexibility index (Phi) is 7.68. The van der Waals surface area contributed by atoms with Gasteiger partial charge in [-0.1, -0.05) is 38.1 Å². The van der Waals surface area contributed by atoms with Gasteiger partial charge >= 0.3 is 0 Å². The summed E-state index contributed by atoms with van der Waals surface area (Å²) in [6.45, 7) is 5.57. The molecule has 3 rings (SSSR count). The number of carbonyl (C=O) groups is 2. The molecule has 0 saturated carbocycles. The number of benzene rings is 2. The Balaban J connectivity index is 1.81. The second-order valence-corrected chi connectivity index (χ2v) is 10.4. The highest BCUT2D eigenvalue weighted by Crippen LogP contribution is 2.24. The molecule has 1 atom stereocenters. The number of hydrogen-bond donors (Lipinski definition) is 1. The molecule has 2 aromatic carbocycles. The minimum Gasteiger partial charge on any atom is -0.351 e. The van der Waals surface area contributed by atoms with Gasteiger partial charge in [0.05, 0.1) is 9.82 Å². The number of amides is 2. The summed E-state index contributed by atoms with van der Waals surface area (Å²) in [5.74, 6) is -0.549. The van der Waals surface area contributed by atoms with E-state index in [1.807, 2.05) is 13.8 Å². The molecule has 1 unspecified atom stereocenters. The maximum absolute atomic E-state index is 13.4. The van der Waals surface area contributed by atoms with E-state index >= 15 is 0 Å². The number of nitro benzene ring substituents is 1. The van der Waals surface area contributed by atoms with Crippen LogP contribution in [-0.2, 0) is 26.2 Å². The Hall–Kier alpha value is -3.31. The van der Waals surface area contributed by atoms with E-state index in [4.69, 9.17) is 0 Å². The molecule has 0 bridgehead atoms. The summed E-state index contributed by atoms with van der Waals surface area (Å²) in [6.07, 6.45) is 0. The molecule has 0 spiro atoms. The lowest BCUT2D eigenvalue weighted by molar-refractivity contribution is -0.384. The molecular formula is C23H28N4O6S. The van der Waals surface area contributed by atoms with Crippen molar-refractivity contribution in [2.24, 2.45) is 0 Å². The van der Waals surface area contributed by atoms with Gasteiger partial charge in [0.25, 0.3) is 5.69 Å². The number of nitrogens with zero attached hydrogens (tertiary/aromatic N) is 3. The van der Waals surface area contributed by atoms with Crippen molar-refractivity contribution in [2.45, 2.75) is 44.2 Å². The van der Waals surface area contributed by atoms with Crippen LogP contribution in [0.15, 0.2) is 53.4 Å². The topological polar surface area (TPSA) is 130 Å². The minimum atomic E-state index is -3.99. The van der Waals surface area contributed by atoms with E-state index in [2.05, 4.69) is 5.32 Å². The van der Waals surface area contributed by atoms with Crippen molar-refractivity contribution < 1.29 is 22.9 Å². The van der Waals surface area contributed by atoms with Crippen LogP contribution < -0.4 is 5.32 Å². The van der Waals surface area contributed by atoms with E-state index in [0.717, 1.165) is 9.87 Å². The SMILES string of the molecule is CC(=O)N1CCN(S(=O)(=O)c2ccc(C(C)C)cc2)C(C(=O)NCc2ccc([N+](=O)[O-])cc2)C1. The van der Waals surface area contributed by atoms with Crippen LogP contribution in [0.5, 0.6) is 0 Å². The van der Waals surface area contributed by atoms with Gasteiger partial charge in [-0.3, -0.25) is 19.7 Å². The molecule has 1 aliphatic rings. The Bertz CT molecular complexity index is 1160. The molecule has 182 valence electrons. The number of sulfonamides is 1. The minimum absolute atomic E-state index is 0.0105. The van der Waals surface area contributed by atoms with Crippen molar-refractivity contribution in [3.63, 3.8) is 0 Å². The van der Waals surface area contributed by atoms with Crippen LogP contribution in [0.1, 0.15) is 37.8 Å². The summed E-state index contributed by atoms with van der Waals surface area (Å²) in [5.41, 5.74) is 1.55. The Morgan fingerprint density at radius 2 is 1.71 bits per heavy atom. The maximum Gasteiger partial charge on any atom is 0.269 e. The largest absolute Gasteiger partial charge is 0.351 e. The van der Waals surface area contributed by atoms with Crippen molar-refractivity contribution in [3.8, 4) is 0 Å². The van der Waals surface area contributed by atoms with Crippen LogP contribution in [-0.4, -0.2) is 60.0 Å². The summed E-state index contributed by atoms with van der Waals surface area (Å²) < 4.78 is 28.0. The lowest BCUT2D eigenvalue weighted by atomic mass is 10.0. The summed E-state index contributed by atoms with van der Waals surface area (Å²) in [6, 6.07) is 11.2. The number of hydrogen-bond acceptors (Lipinski definition) is 6. The molecule has 11 heteroatoms. The lowest BCUT2D eigenvalue weighted by Crippen LogP contribution is -2.61. The van der Waals surface area contributed by atoms with Gasteiger partial charge in [-0.05, 0) is 29.2 Å². The number of non-ortho nitro benzene ring substituents is 1. The summed E-state index contributed by atoms with van der Waals surface area (Å²) in [7, 11) is -3.99. The van der Waals surface area contributed by atoms with Crippen LogP contribution in [0.2, 0.25) is 0 Å². The van der Waals surface area contributed by atoms with E-state index < -0.39 is 26.9 Å². The monoisotopic (exact) mass is 488 g/mol. The zero-order chi connectivity index (χ0) is 25.0. The van der Waals surface area contributed by atoms with Crippen LogP contribution in [0.3, 0.4) is 0 Å². The highest BCUT2D eigenvalue weighted by Gasteiger charge is 2.40. The average Bonchev–Trinajstić information content (AvgIpc) is 2.82. The van der Waals surface area contributed by atoms with Crippen molar-refractivity contribution in [3.05, 3.63) is 69.8 Å². The third-order valence-electron chi connectivity index (χ3n) is 5.85. The highest BCUT2D eigenvalue weighted by molar-refractivity contribution is 7.89. The van der Waals surface area contributed by atoms with Crippen molar-refractivity contribution in [2.75, 3.05) is 19.6 Å². The van der Waals surface area contributed by atoms with Gasteiger partial charge in [-0.2, -0.15) is 4.31 Å². The third kappa shape index (κ3) is 5.60. The molecule has 2 aromatic rings. The van der Waals surface area contributed by atoms with E-state index in [-0.39, 0.29) is 48.6 Å². The predicted octanol–water partition coefficient (Wildman–Crippen LogP) is 2.26. The summed E-state index contributed by atoms with van der Waals surface area (Å²) in [5, 5.41) is 13.5. The third-order valence-corrected chi connectivity index (χ3v) is 7.77.